The van der Waals surface area contributed by atoms with Crippen LogP contribution < -0.4 is 5.32 Å². The molecule has 0 aromatic carbocycles. The summed E-state index contributed by atoms with van der Waals surface area (Å²) in [5.74, 6) is 0.455. The summed E-state index contributed by atoms with van der Waals surface area (Å²) in [5, 5.41) is 8.84. The zero-order valence-corrected chi connectivity index (χ0v) is 6.82. The number of carbonyl (C=O) groups is 2. The Morgan fingerprint density at radius 1 is 1.62 bits per heavy atom. The predicted molar refractivity (Wildman–Crippen MR) is 44.0 cm³/mol. The quantitative estimate of drug-likeness (QED) is 0.468. The zero-order valence-electron chi connectivity index (χ0n) is 6.82. The highest BCUT2D eigenvalue weighted by atomic mass is 16.5. The van der Waals surface area contributed by atoms with Gasteiger partial charge in [0.25, 0.3) is 6.47 Å². The van der Waals surface area contributed by atoms with Crippen LogP contribution in [0, 0.1) is 0 Å². The second kappa shape index (κ2) is 4.91. The third-order valence-corrected chi connectivity index (χ3v) is 1.40. The molecule has 1 rings (SSSR count). The second-order valence-corrected chi connectivity index (χ2v) is 2.26. The molecule has 1 heterocycles. The molecule has 0 bridgehead atoms. The van der Waals surface area contributed by atoms with Gasteiger partial charge in [-0.3, -0.25) is 14.7 Å². The average molecular weight is 183 g/mol. The molecule has 6 heteroatoms. The van der Waals surface area contributed by atoms with E-state index in [1.165, 1.54) is 0 Å². The molecule has 70 valence electrons. The summed E-state index contributed by atoms with van der Waals surface area (Å²) in [7, 11) is 0. The van der Waals surface area contributed by atoms with Crippen LogP contribution >= 0.6 is 0 Å². The van der Waals surface area contributed by atoms with E-state index in [-0.39, 0.29) is 0 Å². The maximum atomic E-state index is 10.0. The molecule has 1 aromatic rings. The zero-order chi connectivity index (χ0) is 9.52. The number of H-pyrrole nitrogens is 1. The third-order valence-electron chi connectivity index (χ3n) is 1.40. The molecule has 0 radical (unpaired) electrons. The van der Waals surface area contributed by atoms with E-state index in [1.54, 1.807) is 6.07 Å². The van der Waals surface area contributed by atoms with Gasteiger partial charge in [-0.25, -0.2) is 0 Å². The Hall–Kier alpha value is -1.85. The van der Waals surface area contributed by atoms with Crippen molar-refractivity contribution >= 4 is 18.7 Å². The molecule has 0 aliphatic carbocycles. The highest BCUT2D eigenvalue weighted by molar-refractivity contribution is 5.68. The minimum atomic E-state index is 0.298. The Kier molecular flexibility index (Phi) is 3.49. The van der Waals surface area contributed by atoms with Crippen molar-refractivity contribution in [3.8, 4) is 0 Å². The Labute approximate surface area is 74.3 Å². The number of hydrogen-bond donors (Lipinski definition) is 2. The predicted octanol–water partition coefficient (Wildman–Crippen LogP) is -0.307. The molecule has 13 heavy (non-hydrogen) atoms. The number of anilines is 1. The topological polar surface area (TPSA) is 84.1 Å². The van der Waals surface area contributed by atoms with E-state index in [1.807, 2.05) is 0 Å². The van der Waals surface area contributed by atoms with Gasteiger partial charge < -0.3 is 10.1 Å². The first kappa shape index (κ1) is 9.24. The summed E-state index contributed by atoms with van der Waals surface area (Å²) in [4.78, 5) is 19.8. The van der Waals surface area contributed by atoms with Crippen molar-refractivity contribution in [3.05, 3.63) is 11.8 Å². The molecule has 1 aromatic heterocycles. The molecular weight excluding hydrogens is 174 g/mol. The van der Waals surface area contributed by atoms with Crippen molar-refractivity contribution in [3.63, 3.8) is 0 Å². The Morgan fingerprint density at radius 2 is 2.46 bits per heavy atom. The van der Waals surface area contributed by atoms with Crippen LogP contribution in [-0.2, 0) is 20.7 Å². The lowest BCUT2D eigenvalue weighted by molar-refractivity contribution is -0.128. The van der Waals surface area contributed by atoms with Gasteiger partial charge in [0.1, 0.15) is 0 Å². The second-order valence-electron chi connectivity index (χ2n) is 2.26. The van der Waals surface area contributed by atoms with Crippen LogP contribution in [0.2, 0.25) is 0 Å². The summed E-state index contributed by atoms with van der Waals surface area (Å²) >= 11 is 0. The molecule has 0 aliphatic rings. The number of amides is 1. The minimum absolute atomic E-state index is 0.298. The van der Waals surface area contributed by atoms with Crippen molar-refractivity contribution in [2.75, 3.05) is 11.9 Å². The van der Waals surface area contributed by atoms with E-state index in [9.17, 15) is 9.59 Å². The van der Waals surface area contributed by atoms with Gasteiger partial charge in [-0.2, -0.15) is 5.10 Å². The molecule has 0 unspecified atom stereocenters. The molecule has 1 amide bonds. The van der Waals surface area contributed by atoms with Crippen LogP contribution in [0.3, 0.4) is 0 Å². The van der Waals surface area contributed by atoms with Crippen LogP contribution in [0.25, 0.3) is 0 Å². The lowest BCUT2D eigenvalue weighted by atomic mass is 10.3. The van der Waals surface area contributed by atoms with Gasteiger partial charge >= 0.3 is 0 Å². The normalized spacial score (nSPS) is 9.23. The number of hydrogen-bond acceptors (Lipinski definition) is 4. The summed E-state index contributed by atoms with van der Waals surface area (Å²) in [6.07, 6.45) is 1.09. The number of aromatic nitrogens is 2. The number of ether oxygens (including phenoxy) is 1. The van der Waals surface area contributed by atoms with Crippen molar-refractivity contribution in [2.45, 2.75) is 6.42 Å². The molecule has 2 N–H and O–H groups in total. The summed E-state index contributed by atoms with van der Waals surface area (Å²) in [6, 6.07) is 1.67. The van der Waals surface area contributed by atoms with Crippen molar-refractivity contribution in [1.82, 2.24) is 10.2 Å². The molecular formula is C7H9N3O3. The maximum absolute atomic E-state index is 10.0. The van der Waals surface area contributed by atoms with E-state index in [0.29, 0.717) is 31.7 Å². The summed E-state index contributed by atoms with van der Waals surface area (Å²) in [6.45, 7) is 0.688. The van der Waals surface area contributed by atoms with E-state index in [4.69, 9.17) is 0 Å². The number of aromatic amines is 1. The monoisotopic (exact) mass is 183 g/mol. The lowest BCUT2D eigenvalue weighted by Gasteiger charge is -1.93. The van der Waals surface area contributed by atoms with Gasteiger partial charge in [-0.05, 0) is 0 Å². The molecule has 0 aliphatic heterocycles. The van der Waals surface area contributed by atoms with Crippen LogP contribution in [0.5, 0.6) is 0 Å². The standard InChI is InChI=1S/C7H9N3O3/c11-4-8-7-3-6(9-10-7)1-2-13-5-12/h3-5H,1-2H2,(H2,8,9,10,11). The first-order valence-electron chi connectivity index (χ1n) is 3.66. The van der Waals surface area contributed by atoms with E-state index < -0.39 is 0 Å². The van der Waals surface area contributed by atoms with E-state index in [2.05, 4.69) is 20.3 Å². The molecule has 6 nitrogen and oxygen atoms in total. The largest absolute Gasteiger partial charge is 0.467 e. The molecule has 0 saturated heterocycles. The van der Waals surface area contributed by atoms with Crippen LogP contribution in [-0.4, -0.2) is 29.7 Å². The first-order valence-corrected chi connectivity index (χ1v) is 3.66. The SMILES string of the molecule is O=CNc1cc(CCOC=O)[nH]n1. The van der Waals surface area contributed by atoms with Gasteiger partial charge in [-0.1, -0.05) is 0 Å². The summed E-state index contributed by atoms with van der Waals surface area (Å²) in [5.41, 5.74) is 0.797. The smallest absolute Gasteiger partial charge is 0.293 e. The van der Waals surface area contributed by atoms with Crippen LogP contribution in [0.15, 0.2) is 6.07 Å². The van der Waals surface area contributed by atoms with Crippen LogP contribution in [0.4, 0.5) is 5.82 Å². The number of nitrogens with one attached hydrogen (secondary N) is 2. The Bertz CT molecular complexity index is 284. The van der Waals surface area contributed by atoms with E-state index >= 15 is 0 Å². The maximum Gasteiger partial charge on any atom is 0.293 e. The molecule has 0 saturated carbocycles. The highest BCUT2D eigenvalue weighted by Gasteiger charge is 1.99. The highest BCUT2D eigenvalue weighted by Crippen LogP contribution is 2.04. The lowest BCUT2D eigenvalue weighted by Crippen LogP contribution is -1.96. The fourth-order valence-corrected chi connectivity index (χ4v) is 0.841. The fraction of sp³-hybridized carbons (Fsp3) is 0.286. The van der Waals surface area contributed by atoms with E-state index in [0.717, 1.165) is 5.69 Å². The number of carbonyl (C=O) groups excluding carboxylic acids is 2. The third kappa shape index (κ3) is 2.94. The number of nitrogens with zero attached hydrogens (tertiary/aromatic N) is 1. The van der Waals surface area contributed by atoms with Gasteiger partial charge in [0.2, 0.25) is 6.41 Å². The van der Waals surface area contributed by atoms with Gasteiger partial charge in [0.05, 0.1) is 6.61 Å². The fourth-order valence-electron chi connectivity index (χ4n) is 0.841. The van der Waals surface area contributed by atoms with Crippen LogP contribution in [0.1, 0.15) is 5.69 Å². The average Bonchev–Trinajstić information content (AvgIpc) is 2.54. The van der Waals surface area contributed by atoms with Crippen molar-refractivity contribution in [2.24, 2.45) is 0 Å². The van der Waals surface area contributed by atoms with Gasteiger partial charge in [-0.15, -0.1) is 0 Å². The first-order chi connectivity index (χ1) is 6.36. The minimum Gasteiger partial charge on any atom is -0.467 e. The Morgan fingerprint density at radius 3 is 3.15 bits per heavy atom. The molecule has 0 fully saturated rings. The van der Waals surface area contributed by atoms with Gasteiger partial charge in [0, 0.05) is 18.2 Å². The summed E-state index contributed by atoms with van der Waals surface area (Å²) < 4.78 is 4.49. The number of rotatable bonds is 6. The van der Waals surface area contributed by atoms with Gasteiger partial charge in [0.15, 0.2) is 5.82 Å². The Balaban J connectivity index is 2.39. The molecule has 0 spiro atoms. The molecule has 0 atom stereocenters. The van der Waals surface area contributed by atoms with Crippen molar-refractivity contribution < 1.29 is 14.3 Å². The van der Waals surface area contributed by atoms with Crippen molar-refractivity contribution in [1.29, 1.82) is 0 Å².